The van der Waals surface area contributed by atoms with Gasteiger partial charge in [-0.3, -0.25) is 4.57 Å². The monoisotopic (exact) mass is 312 g/mol. The van der Waals surface area contributed by atoms with E-state index in [9.17, 15) is 0 Å². The van der Waals surface area contributed by atoms with Crippen LogP contribution in [0.15, 0.2) is 18.3 Å². The van der Waals surface area contributed by atoms with Gasteiger partial charge in [-0.25, -0.2) is 0 Å². The quantitative estimate of drug-likeness (QED) is 0.854. The normalized spacial score (nSPS) is 10.9. The Morgan fingerprint density at radius 1 is 1.20 bits per heavy atom. The third-order valence-electron chi connectivity index (χ3n) is 3.09. The van der Waals surface area contributed by atoms with Gasteiger partial charge in [0.25, 0.3) is 0 Å². The number of halogens is 1. The fourth-order valence-electron chi connectivity index (χ4n) is 2.07. The Labute approximate surface area is 128 Å². The lowest BCUT2D eigenvalue weighted by Crippen LogP contribution is -2.04. The molecular weight excluding hydrogens is 296 g/mol. The number of nitrogens with zero attached hydrogens (tertiary/aromatic N) is 1. The maximum atomic E-state index is 6.22. The fourth-order valence-corrected chi connectivity index (χ4v) is 2.57. The van der Waals surface area contributed by atoms with Gasteiger partial charge in [-0.1, -0.05) is 25.4 Å². The van der Waals surface area contributed by atoms with Crippen molar-refractivity contribution in [2.24, 2.45) is 0 Å². The summed E-state index contributed by atoms with van der Waals surface area (Å²) in [5.74, 6) is 1.54. The van der Waals surface area contributed by atoms with Crippen molar-refractivity contribution in [1.82, 2.24) is 9.55 Å². The van der Waals surface area contributed by atoms with Crippen molar-refractivity contribution in [2.45, 2.75) is 19.8 Å². The number of imidazole rings is 1. The fraction of sp³-hybridized carbons (Fsp3) is 0.357. The molecule has 0 amide bonds. The molecular formula is C14H17ClN2O2S. The average molecular weight is 313 g/mol. The summed E-state index contributed by atoms with van der Waals surface area (Å²) >= 11 is 11.6. The molecule has 20 heavy (non-hydrogen) atoms. The van der Waals surface area contributed by atoms with Gasteiger partial charge in [0.1, 0.15) is 11.5 Å². The zero-order chi connectivity index (χ0) is 14.9. The van der Waals surface area contributed by atoms with Gasteiger partial charge in [0.15, 0.2) is 4.77 Å². The van der Waals surface area contributed by atoms with Gasteiger partial charge < -0.3 is 14.5 Å². The molecule has 4 nitrogen and oxygen atoms in total. The molecule has 2 rings (SSSR count). The third-order valence-corrected chi connectivity index (χ3v) is 3.69. The number of hydrogen-bond donors (Lipinski definition) is 1. The van der Waals surface area contributed by atoms with Gasteiger partial charge in [0.2, 0.25) is 0 Å². The lowest BCUT2D eigenvalue weighted by Gasteiger charge is -2.16. The van der Waals surface area contributed by atoms with Crippen LogP contribution in [-0.2, 0) is 0 Å². The topological polar surface area (TPSA) is 39.2 Å². The maximum absolute atomic E-state index is 6.22. The van der Waals surface area contributed by atoms with Gasteiger partial charge in [-0.15, -0.1) is 0 Å². The summed E-state index contributed by atoms with van der Waals surface area (Å²) in [4.78, 5) is 3.06. The second-order valence-corrected chi connectivity index (χ2v) is 5.46. The summed E-state index contributed by atoms with van der Waals surface area (Å²) < 4.78 is 13.2. The number of ether oxygens (including phenoxy) is 2. The Morgan fingerprint density at radius 3 is 2.40 bits per heavy atom. The van der Waals surface area contributed by atoms with Crippen LogP contribution >= 0.6 is 23.8 Å². The zero-order valence-electron chi connectivity index (χ0n) is 11.9. The van der Waals surface area contributed by atoms with Crippen LogP contribution in [0.1, 0.15) is 25.5 Å². The van der Waals surface area contributed by atoms with E-state index in [0.717, 1.165) is 11.4 Å². The highest BCUT2D eigenvalue weighted by Crippen LogP contribution is 2.36. The van der Waals surface area contributed by atoms with Crippen LogP contribution in [0.5, 0.6) is 11.5 Å². The van der Waals surface area contributed by atoms with Crippen molar-refractivity contribution < 1.29 is 9.47 Å². The predicted molar refractivity (Wildman–Crippen MR) is 83.2 cm³/mol. The Morgan fingerprint density at radius 2 is 1.85 bits per heavy atom. The SMILES string of the molecule is COc1cc(OC)c(-n2c(C(C)C)c[nH]c2=S)cc1Cl. The first-order valence-corrected chi connectivity index (χ1v) is 7.00. The number of aromatic amines is 1. The molecule has 0 spiro atoms. The second kappa shape index (κ2) is 5.89. The zero-order valence-corrected chi connectivity index (χ0v) is 13.4. The number of rotatable bonds is 4. The summed E-state index contributed by atoms with van der Waals surface area (Å²) in [5.41, 5.74) is 1.86. The number of benzene rings is 1. The van der Waals surface area contributed by atoms with Gasteiger partial charge in [-0.2, -0.15) is 0 Å². The summed E-state index contributed by atoms with van der Waals surface area (Å²) in [6, 6.07) is 3.56. The van der Waals surface area contributed by atoms with E-state index < -0.39 is 0 Å². The molecule has 0 saturated carbocycles. The molecule has 0 fully saturated rings. The van der Waals surface area contributed by atoms with Gasteiger partial charge in [0, 0.05) is 18.0 Å². The molecule has 0 aliphatic rings. The van der Waals surface area contributed by atoms with Crippen LogP contribution in [0, 0.1) is 4.77 Å². The number of methoxy groups -OCH3 is 2. The molecule has 0 aliphatic heterocycles. The Balaban J connectivity index is 2.72. The lowest BCUT2D eigenvalue weighted by atomic mass is 10.1. The lowest BCUT2D eigenvalue weighted by molar-refractivity contribution is 0.393. The number of H-pyrrole nitrogens is 1. The standard InChI is InChI=1S/C14H17ClN2O2S/c1-8(2)11-7-16-14(20)17(11)10-5-9(15)12(18-3)6-13(10)19-4/h5-8H,1-4H3,(H,16,20). The molecule has 0 unspecified atom stereocenters. The van der Waals surface area contributed by atoms with Crippen LogP contribution in [0.4, 0.5) is 0 Å². The Kier molecular flexibility index (Phi) is 4.40. The van der Waals surface area contributed by atoms with Gasteiger partial charge in [0.05, 0.1) is 24.9 Å². The predicted octanol–water partition coefficient (Wildman–Crippen LogP) is 4.33. The van der Waals surface area contributed by atoms with E-state index in [1.807, 2.05) is 10.8 Å². The third kappa shape index (κ3) is 2.55. The van der Waals surface area contributed by atoms with E-state index in [4.69, 9.17) is 33.3 Å². The molecule has 108 valence electrons. The molecule has 0 saturated heterocycles. The minimum Gasteiger partial charge on any atom is -0.495 e. The number of aromatic nitrogens is 2. The molecule has 2 aromatic rings. The van der Waals surface area contributed by atoms with Crippen molar-refractivity contribution in [2.75, 3.05) is 14.2 Å². The van der Waals surface area contributed by atoms with Gasteiger partial charge >= 0.3 is 0 Å². The molecule has 0 atom stereocenters. The van der Waals surface area contributed by atoms with E-state index in [1.165, 1.54) is 0 Å². The maximum Gasteiger partial charge on any atom is 0.182 e. The minimum absolute atomic E-state index is 0.313. The van der Waals surface area contributed by atoms with Gasteiger partial charge in [-0.05, 0) is 24.2 Å². The van der Waals surface area contributed by atoms with Crippen LogP contribution in [0.3, 0.4) is 0 Å². The first-order valence-electron chi connectivity index (χ1n) is 6.21. The molecule has 0 radical (unpaired) electrons. The molecule has 0 bridgehead atoms. The van der Waals surface area contributed by atoms with E-state index in [1.54, 1.807) is 26.4 Å². The molecule has 0 aliphatic carbocycles. The summed E-state index contributed by atoms with van der Waals surface area (Å²) in [6.07, 6.45) is 1.91. The summed E-state index contributed by atoms with van der Waals surface area (Å²) in [5, 5.41) is 0.515. The van der Waals surface area contributed by atoms with E-state index in [-0.39, 0.29) is 0 Å². The largest absolute Gasteiger partial charge is 0.495 e. The second-order valence-electron chi connectivity index (χ2n) is 4.67. The number of nitrogens with one attached hydrogen (secondary N) is 1. The number of hydrogen-bond acceptors (Lipinski definition) is 3. The first-order chi connectivity index (χ1) is 9.49. The Bertz CT molecular complexity index is 676. The van der Waals surface area contributed by atoms with E-state index in [2.05, 4.69) is 18.8 Å². The van der Waals surface area contributed by atoms with E-state index in [0.29, 0.717) is 27.2 Å². The van der Waals surface area contributed by atoms with Crippen molar-refractivity contribution in [1.29, 1.82) is 0 Å². The Hall–Kier alpha value is -1.46. The molecule has 1 heterocycles. The summed E-state index contributed by atoms with van der Waals surface area (Å²) in [6.45, 7) is 4.21. The van der Waals surface area contributed by atoms with Crippen LogP contribution in [0.2, 0.25) is 5.02 Å². The molecule has 6 heteroatoms. The summed E-state index contributed by atoms with van der Waals surface area (Å²) in [7, 11) is 3.18. The van der Waals surface area contributed by atoms with Crippen molar-refractivity contribution in [3.05, 3.63) is 33.8 Å². The van der Waals surface area contributed by atoms with Crippen LogP contribution in [0.25, 0.3) is 5.69 Å². The molecule has 1 N–H and O–H groups in total. The van der Waals surface area contributed by atoms with Crippen molar-refractivity contribution >= 4 is 23.8 Å². The van der Waals surface area contributed by atoms with Crippen molar-refractivity contribution in [3.8, 4) is 17.2 Å². The first kappa shape index (κ1) is 14.9. The molecule has 1 aromatic heterocycles. The molecule has 1 aromatic carbocycles. The highest BCUT2D eigenvalue weighted by atomic mass is 35.5. The van der Waals surface area contributed by atoms with Crippen LogP contribution < -0.4 is 9.47 Å². The average Bonchev–Trinajstić information content (AvgIpc) is 2.80. The minimum atomic E-state index is 0.313. The highest BCUT2D eigenvalue weighted by molar-refractivity contribution is 7.71. The van der Waals surface area contributed by atoms with E-state index >= 15 is 0 Å². The van der Waals surface area contributed by atoms with Crippen molar-refractivity contribution in [3.63, 3.8) is 0 Å². The van der Waals surface area contributed by atoms with Crippen LogP contribution in [-0.4, -0.2) is 23.8 Å². The smallest absolute Gasteiger partial charge is 0.182 e. The highest BCUT2D eigenvalue weighted by Gasteiger charge is 2.16.